The average molecular weight is 987 g/mol. The van der Waals surface area contributed by atoms with Crippen LogP contribution in [0.15, 0.2) is 243 Å². The van der Waals surface area contributed by atoms with Gasteiger partial charge in [-0.1, -0.05) is 146 Å². The summed E-state index contributed by atoms with van der Waals surface area (Å²) in [6.07, 6.45) is 5.86. The number of benzene rings is 9. The molecule has 0 aliphatic carbocycles. The van der Waals surface area contributed by atoms with Gasteiger partial charge in [-0.25, -0.2) is 4.79 Å². The standard InChI is InChI=1S/C67H58N2O6/c1-50(70)73-46-16-7-17-47-74-67(71)75-64-44-40-62(41-45-64)69(58-24-14-6-15-25-58)60-36-28-52(29-37-60)49-66(54-20-10-4-11-21-54)56-32-30-55(31-33-56)65(53-18-8-3-9-19-53)48-51-26-34-59(35-27-51)68(57-22-12-5-13-23-57)61-38-42-63(72-2)43-39-61/h3-6,8-15,18-45,48-49H,7,16-17,46-47H2,1-2H3. The quantitative estimate of drug-likeness (QED) is 0.0323. The number of para-hydroxylation sites is 2. The highest BCUT2D eigenvalue weighted by Gasteiger charge is 2.16. The van der Waals surface area contributed by atoms with Gasteiger partial charge in [0, 0.05) is 41.0 Å². The molecular formula is C67H58N2O6. The maximum Gasteiger partial charge on any atom is 0.513 e. The van der Waals surface area contributed by atoms with E-state index in [4.69, 9.17) is 18.9 Å². The maximum atomic E-state index is 12.5. The molecule has 0 spiro atoms. The number of esters is 1. The van der Waals surface area contributed by atoms with Gasteiger partial charge in [-0.2, -0.15) is 0 Å². The Hall–Kier alpha value is -9.40. The van der Waals surface area contributed by atoms with E-state index in [2.05, 4.69) is 198 Å². The lowest BCUT2D eigenvalue weighted by Crippen LogP contribution is -2.12. The number of unbranched alkanes of at least 4 members (excludes halogenated alkanes) is 2. The molecule has 372 valence electrons. The third-order valence-electron chi connectivity index (χ3n) is 12.6. The Morgan fingerprint density at radius 3 is 1.09 bits per heavy atom. The van der Waals surface area contributed by atoms with Crippen molar-refractivity contribution in [1.82, 2.24) is 0 Å². The van der Waals surface area contributed by atoms with Gasteiger partial charge in [0.2, 0.25) is 0 Å². The van der Waals surface area contributed by atoms with Crippen molar-refractivity contribution in [2.45, 2.75) is 26.2 Å². The van der Waals surface area contributed by atoms with E-state index in [1.54, 1.807) is 19.2 Å². The van der Waals surface area contributed by atoms with Crippen LogP contribution < -0.4 is 19.3 Å². The van der Waals surface area contributed by atoms with Crippen LogP contribution in [-0.4, -0.2) is 32.4 Å². The highest BCUT2D eigenvalue weighted by Crippen LogP contribution is 2.38. The second-order valence-corrected chi connectivity index (χ2v) is 17.7. The Labute approximate surface area is 440 Å². The fourth-order valence-corrected chi connectivity index (χ4v) is 8.83. The van der Waals surface area contributed by atoms with Crippen molar-refractivity contribution in [3.05, 3.63) is 276 Å². The first-order valence-corrected chi connectivity index (χ1v) is 25.2. The van der Waals surface area contributed by atoms with Crippen LogP contribution in [0.3, 0.4) is 0 Å². The molecule has 0 unspecified atom stereocenters. The molecule has 0 atom stereocenters. The molecule has 8 heteroatoms. The smallest absolute Gasteiger partial charge is 0.497 e. The van der Waals surface area contributed by atoms with E-state index in [9.17, 15) is 9.59 Å². The SMILES string of the molecule is COc1ccc(N(c2ccccc2)c2ccc(C=C(c3ccccc3)c3ccc(C(=Cc4ccc(N(c5ccccc5)c5ccc(OC(=O)OCCCCCOC(C)=O)cc5)cc4)c4ccccc4)cc3)cc2)cc1. The molecule has 0 aromatic heterocycles. The molecule has 75 heavy (non-hydrogen) atoms. The third-order valence-corrected chi connectivity index (χ3v) is 12.6. The average Bonchev–Trinajstić information content (AvgIpc) is 3.46. The van der Waals surface area contributed by atoms with Crippen LogP contribution in [0.4, 0.5) is 38.9 Å². The Kier molecular flexibility index (Phi) is 17.1. The van der Waals surface area contributed by atoms with E-state index in [1.807, 2.05) is 54.6 Å². The predicted molar refractivity (Wildman–Crippen MR) is 305 cm³/mol. The first-order valence-electron chi connectivity index (χ1n) is 25.2. The lowest BCUT2D eigenvalue weighted by atomic mass is 9.91. The second-order valence-electron chi connectivity index (χ2n) is 17.7. The number of hydrogen-bond donors (Lipinski definition) is 0. The van der Waals surface area contributed by atoms with Crippen molar-refractivity contribution in [2.24, 2.45) is 0 Å². The van der Waals surface area contributed by atoms with E-state index in [-0.39, 0.29) is 12.6 Å². The lowest BCUT2D eigenvalue weighted by Gasteiger charge is -2.25. The van der Waals surface area contributed by atoms with Crippen molar-refractivity contribution >= 4 is 69.5 Å². The second kappa shape index (κ2) is 25.3. The Balaban J connectivity index is 0.954. The number of hydrogen-bond acceptors (Lipinski definition) is 8. The summed E-state index contributed by atoms with van der Waals surface area (Å²) in [7, 11) is 1.69. The van der Waals surface area contributed by atoms with Crippen molar-refractivity contribution in [3.8, 4) is 11.5 Å². The first kappa shape index (κ1) is 50.5. The number of nitrogens with zero attached hydrogens (tertiary/aromatic N) is 2. The number of rotatable bonds is 20. The summed E-state index contributed by atoms with van der Waals surface area (Å²) in [5.74, 6) is 0.894. The molecule has 0 heterocycles. The van der Waals surface area contributed by atoms with Gasteiger partial charge in [-0.05, 0) is 173 Å². The van der Waals surface area contributed by atoms with Gasteiger partial charge in [0.25, 0.3) is 0 Å². The van der Waals surface area contributed by atoms with Crippen LogP contribution in [0, 0.1) is 0 Å². The van der Waals surface area contributed by atoms with E-state index in [0.29, 0.717) is 25.2 Å². The minimum Gasteiger partial charge on any atom is -0.497 e. The minimum atomic E-state index is -0.762. The molecule has 0 aliphatic heterocycles. The topological polar surface area (TPSA) is 77.5 Å². The highest BCUT2D eigenvalue weighted by atomic mass is 16.7. The Morgan fingerprint density at radius 1 is 0.373 bits per heavy atom. The molecule has 0 radical (unpaired) electrons. The van der Waals surface area contributed by atoms with Crippen molar-refractivity contribution in [1.29, 1.82) is 0 Å². The summed E-state index contributed by atoms with van der Waals surface area (Å²) in [6, 6.07) is 83.3. The Morgan fingerprint density at radius 2 is 0.707 bits per heavy atom. The summed E-state index contributed by atoms with van der Waals surface area (Å²) in [6.45, 7) is 1.96. The van der Waals surface area contributed by atoms with E-state index < -0.39 is 6.16 Å². The lowest BCUT2D eigenvalue weighted by molar-refractivity contribution is -0.141. The zero-order chi connectivity index (χ0) is 51.6. The van der Waals surface area contributed by atoms with Crippen molar-refractivity contribution in [2.75, 3.05) is 30.1 Å². The highest BCUT2D eigenvalue weighted by molar-refractivity contribution is 5.95. The van der Waals surface area contributed by atoms with Crippen molar-refractivity contribution < 1.29 is 28.5 Å². The van der Waals surface area contributed by atoms with E-state index in [0.717, 1.165) is 90.8 Å². The summed E-state index contributed by atoms with van der Waals surface area (Å²) in [5, 5.41) is 0. The van der Waals surface area contributed by atoms with Gasteiger partial charge < -0.3 is 28.7 Å². The first-order chi connectivity index (χ1) is 36.9. The maximum absolute atomic E-state index is 12.5. The van der Waals surface area contributed by atoms with Gasteiger partial charge in [-0.15, -0.1) is 0 Å². The molecule has 9 aromatic rings. The molecule has 9 aromatic carbocycles. The molecule has 0 N–H and O–H groups in total. The molecule has 0 saturated carbocycles. The third kappa shape index (κ3) is 13.6. The van der Waals surface area contributed by atoms with Gasteiger partial charge >= 0.3 is 12.1 Å². The van der Waals surface area contributed by atoms with E-state index in [1.165, 1.54) is 6.92 Å². The number of carbonyl (C=O) groups excluding carboxylic acids is 2. The largest absolute Gasteiger partial charge is 0.513 e. The van der Waals surface area contributed by atoms with Crippen LogP contribution in [0.2, 0.25) is 0 Å². The van der Waals surface area contributed by atoms with Gasteiger partial charge in [0.1, 0.15) is 11.5 Å². The van der Waals surface area contributed by atoms with Crippen LogP contribution in [0.1, 0.15) is 59.6 Å². The van der Waals surface area contributed by atoms with Crippen LogP contribution in [0.5, 0.6) is 11.5 Å². The summed E-state index contributed by atoms with van der Waals surface area (Å²) < 4.78 is 21.2. The summed E-state index contributed by atoms with van der Waals surface area (Å²) in [5.41, 5.74) is 14.8. The number of carbonyl (C=O) groups is 2. The fraction of sp³-hybridized carbons (Fsp3) is 0.104. The van der Waals surface area contributed by atoms with Crippen LogP contribution in [0.25, 0.3) is 23.3 Å². The number of anilines is 6. The van der Waals surface area contributed by atoms with Gasteiger partial charge in [-0.3, -0.25) is 4.79 Å². The summed E-state index contributed by atoms with van der Waals surface area (Å²) in [4.78, 5) is 27.8. The molecule has 0 fully saturated rings. The zero-order valence-electron chi connectivity index (χ0n) is 42.1. The molecule has 0 saturated heterocycles. The predicted octanol–water partition coefficient (Wildman–Crippen LogP) is 17.1. The number of methoxy groups -OCH3 is 1. The molecule has 0 aliphatic rings. The van der Waals surface area contributed by atoms with Crippen LogP contribution >= 0.6 is 0 Å². The van der Waals surface area contributed by atoms with Gasteiger partial charge in [0.15, 0.2) is 0 Å². The summed E-state index contributed by atoms with van der Waals surface area (Å²) >= 11 is 0. The minimum absolute atomic E-state index is 0.219. The zero-order valence-corrected chi connectivity index (χ0v) is 42.1. The molecule has 0 bridgehead atoms. The van der Waals surface area contributed by atoms with Crippen LogP contribution in [-0.2, 0) is 14.3 Å². The molecule has 8 nitrogen and oxygen atoms in total. The van der Waals surface area contributed by atoms with Crippen molar-refractivity contribution in [3.63, 3.8) is 0 Å². The number of ether oxygens (including phenoxy) is 4. The molecule has 0 amide bonds. The van der Waals surface area contributed by atoms with E-state index >= 15 is 0 Å². The Bertz CT molecular complexity index is 3290. The fourth-order valence-electron chi connectivity index (χ4n) is 8.83. The normalized spacial score (nSPS) is 11.3. The molecular weight excluding hydrogens is 929 g/mol. The molecule has 9 rings (SSSR count). The van der Waals surface area contributed by atoms with Gasteiger partial charge in [0.05, 0.1) is 20.3 Å². The monoisotopic (exact) mass is 986 g/mol.